The van der Waals surface area contributed by atoms with E-state index in [2.05, 4.69) is 5.32 Å². The second-order valence-electron chi connectivity index (χ2n) is 5.20. The molecule has 1 atom stereocenters. The molecule has 1 aromatic carbocycles. The van der Waals surface area contributed by atoms with Crippen molar-refractivity contribution in [2.45, 2.75) is 38.3 Å². The predicted molar refractivity (Wildman–Crippen MR) is 79.2 cm³/mol. The zero-order chi connectivity index (χ0) is 15.1. The summed E-state index contributed by atoms with van der Waals surface area (Å²) in [6, 6.07) is 7.45. The topological polar surface area (TPSA) is 67.8 Å². The molecule has 0 aliphatic carbocycles. The average molecular weight is 293 g/mol. The van der Waals surface area contributed by atoms with Crippen LogP contribution in [0.5, 0.6) is 5.75 Å². The first kappa shape index (κ1) is 15.8. The second kappa shape index (κ2) is 8.00. The Morgan fingerprint density at radius 1 is 1.43 bits per heavy atom. The van der Waals surface area contributed by atoms with Crippen LogP contribution in [0.2, 0.25) is 0 Å². The summed E-state index contributed by atoms with van der Waals surface area (Å²) >= 11 is 0. The zero-order valence-electron chi connectivity index (χ0n) is 12.4. The van der Waals surface area contributed by atoms with Crippen molar-refractivity contribution in [3.05, 3.63) is 29.8 Å². The van der Waals surface area contributed by atoms with E-state index < -0.39 is 6.10 Å². The number of ether oxygens (including phenoxy) is 2. The Labute approximate surface area is 125 Å². The van der Waals surface area contributed by atoms with E-state index in [-0.39, 0.29) is 18.6 Å². The van der Waals surface area contributed by atoms with Gasteiger partial charge in [-0.15, -0.1) is 0 Å². The summed E-state index contributed by atoms with van der Waals surface area (Å²) in [7, 11) is 0. The van der Waals surface area contributed by atoms with Gasteiger partial charge in [0.05, 0.1) is 6.10 Å². The highest BCUT2D eigenvalue weighted by atomic mass is 16.5. The molecule has 21 heavy (non-hydrogen) atoms. The van der Waals surface area contributed by atoms with Crippen LogP contribution >= 0.6 is 0 Å². The van der Waals surface area contributed by atoms with Crippen LogP contribution < -0.4 is 10.1 Å². The summed E-state index contributed by atoms with van der Waals surface area (Å²) in [5.74, 6) is 0.427. The first-order chi connectivity index (χ1) is 10.2. The molecule has 1 fully saturated rings. The summed E-state index contributed by atoms with van der Waals surface area (Å²) in [4.78, 5) is 11.9. The molecule has 5 heteroatoms. The van der Waals surface area contributed by atoms with Crippen LogP contribution in [0.4, 0.5) is 0 Å². The Bertz CT molecular complexity index is 457. The van der Waals surface area contributed by atoms with E-state index >= 15 is 0 Å². The molecule has 1 aliphatic heterocycles. The van der Waals surface area contributed by atoms with Gasteiger partial charge in [-0.25, -0.2) is 0 Å². The molecular weight excluding hydrogens is 270 g/mol. The number of benzene rings is 1. The largest absolute Gasteiger partial charge is 0.483 e. The Hall–Kier alpha value is -1.59. The molecule has 2 rings (SSSR count). The van der Waals surface area contributed by atoms with E-state index in [1.807, 2.05) is 25.1 Å². The lowest BCUT2D eigenvalue weighted by molar-refractivity contribution is -0.124. The van der Waals surface area contributed by atoms with Gasteiger partial charge in [-0.3, -0.25) is 4.79 Å². The maximum atomic E-state index is 11.9. The minimum Gasteiger partial charge on any atom is -0.483 e. The highest BCUT2D eigenvalue weighted by molar-refractivity contribution is 5.77. The van der Waals surface area contributed by atoms with Crippen LogP contribution in [0.3, 0.4) is 0 Å². The molecule has 1 aromatic rings. The smallest absolute Gasteiger partial charge is 0.258 e. The third kappa shape index (κ3) is 4.72. The van der Waals surface area contributed by atoms with E-state index in [9.17, 15) is 9.90 Å². The summed E-state index contributed by atoms with van der Waals surface area (Å²) in [6.45, 7) is 3.25. The standard InChI is InChI=1S/C16H23NO4/c1-2-14(18)13-5-3-4-6-15(13)21-11-16(19)17-12-7-9-20-10-8-12/h3-6,12,14,18H,2,7-11H2,1H3,(H,17,19)/t14-/m0/s1. The van der Waals surface area contributed by atoms with Crippen molar-refractivity contribution in [1.82, 2.24) is 5.32 Å². The fraction of sp³-hybridized carbons (Fsp3) is 0.562. The minimum absolute atomic E-state index is 0.0369. The number of para-hydroxylation sites is 1. The van der Waals surface area contributed by atoms with Gasteiger partial charge in [-0.1, -0.05) is 25.1 Å². The maximum Gasteiger partial charge on any atom is 0.258 e. The fourth-order valence-corrected chi connectivity index (χ4v) is 2.36. The van der Waals surface area contributed by atoms with Crippen molar-refractivity contribution in [2.75, 3.05) is 19.8 Å². The number of nitrogens with one attached hydrogen (secondary N) is 1. The Morgan fingerprint density at radius 2 is 2.14 bits per heavy atom. The third-order valence-electron chi connectivity index (χ3n) is 3.61. The van der Waals surface area contributed by atoms with Gasteiger partial charge in [0, 0.05) is 24.8 Å². The van der Waals surface area contributed by atoms with Gasteiger partial charge in [0.2, 0.25) is 0 Å². The maximum absolute atomic E-state index is 11.9. The molecular formula is C16H23NO4. The van der Waals surface area contributed by atoms with Crippen LogP contribution in [0.15, 0.2) is 24.3 Å². The molecule has 0 radical (unpaired) electrons. The Balaban J connectivity index is 1.86. The van der Waals surface area contributed by atoms with Crippen molar-refractivity contribution < 1.29 is 19.4 Å². The molecule has 5 nitrogen and oxygen atoms in total. The number of hydrogen-bond donors (Lipinski definition) is 2. The molecule has 0 unspecified atom stereocenters. The number of aliphatic hydroxyl groups excluding tert-OH is 1. The quantitative estimate of drug-likeness (QED) is 0.839. The minimum atomic E-state index is -0.570. The third-order valence-corrected chi connectivity index (χ3v) is 3.61. The molecule has 0 saturated carbocycles. The van der Waals surface area contributed by atoms with Crippen molar-refractivity contribution in [3.8, 4) is 5.75 Å². The van der Waals surface area contributed by atoms with Crippen molar-refractivity contribution in [1.29, 1.82) is 0 Å². The molecule has 1 heterocycles. The molecule has 1 aliphatic rings. The monoisotopic (exact) mass is 293 g/mol. The van der Waals surface area contributed by atoms with Crippen LogP contribution in [-0.2, 0) is 9.53 Å². The highest BCUT2D eigenvalue weighted by Crippen LogP contribution is 2.26. The molecule has 116 valence electrons. The predicted octanol–water partition coefficient (Wildman–Crippen LogP) is 1.80. The van der Waals surface area contributed by atoms with E-state index in [4.69, 9.17) is 9.47 Å². The molecule has 2 N–H and O–H groups in total. The highest BCUT2D eigenvalue weighted by Gasteiger charge is 2.17. The summed E-state index contributed by atoms with van der Waals surface area (Å²) < 4.78 is 10.8. The number of carbonyl (C=O) groups excluding carboxylic acids is 1. The van der Waals surface area contributed by atoms with Gasteiger partial charge >= 0.3 is 0 Å². The van der Waals surface area contributed by atoms with Crippen LogP contribution in [0, 0.1) is 0 Å². The van der Waals surface area contributed by atoms with Gasteiger partial charge < -0.3 is 19.9 Å². The van der Waals surface area contributed by atoms with E-state index in [0.717, 1.165) is 18.4 Å². The normalized spacial score (nSPS) is 17.2. The van der Waals surface area contributed by atoms with E-state index in [1.54, 1.807) is 6.07 Å². The number of rotatable bonds is 6. The lowest BCUT2D eigenvalue weighted by Gasteiger charge is -2.23. The van der Waals surface area contributed by atoms with Gasteiger partial charge in [-0.05, 0) is 25.3 Å². The first-order valence-corrected chi connectivity index (χ1v) is 7.47. The fourth-order valence-electron chi connectivity index (χ4n) is 2.36. The second-order valence-corrected chi connectivity index (χ2v) is 5.20. The SMILES string of the molecule is CC[C@H](O)c1ccccc1OCC(=O)NC1CCOCC1. The molecule has 0 spiro atoms. The lowest BCUT2D eigenvalue weighted by atomic mass is 10.1. The lowest BCUT2D eigenvalue weighted by Crippen LogP contribution is -2.41. The van der Waals surface area contributed by atoms with Gasteiger partial charge in [-0.2, -0.15) is 0 Å². The molecule has 0 aromatic heterocycles. The van der Waals surface area contributed by atoms with Crippen LogP contribution in [0.25, 0.3) is 0 Å². The average Bonchev–Trinajstić information content (AvgIpc) is 2.53. The van der Waals surface area contributed by atoms with Crippen molar-refractivity contribution in [2.24, 2.45) is 0 Å². The Kier molecular flexibility index (Phi) is 6.02. The van der Waals surface area contributed by atoms with Gasteiger partial charge in [0.25, 0.3) is 5.91 Å². The van der Waals surface area contributed by atoms with E-state index in [0.29, 0.717) is 25.4 Å². The number of aliphatic hydroxyl groups is 1. The van der Waals surface area contributed by atoms with Crippen molar-refractivity contribution in [3.63, 3.8) is 0 Å². The molecule has 1 amide bonds. The number of amides is 1. The van der Waals surface area contributed by atoms with Crippen molar-refractivity contribution >= 4 is 5.91 Å². The molecule has 1 saturated heterocycles. The van der Waals surface area contributed by atoms with Gasteiger partial charge in [0.1, 0.15) is 5.75 Å². The first-order valence-electron chi connectivity index (χ1n) is 7.47. The van der Waals surface area contributed by atoms with E-state index in [1.165, 1.54) is 0 Å². The van der Waals surface area contributed by atoms with Crippen LogP contribution in [0.1, 0.15) is 37.9 Å². The number of carbonyl (C=O) groups is 1. The number of hydrogen-bond acceptors (Lipinski definition) is 4. The zero-order valence-corrected chi connectivity index (χ0v) is 12.4. The van der Waals surface area contributed by atoms with Gasteiger partial charge in [0.15, 0.2) is 6.61 Å². The Morgan fingerprint density at radius 3 is 2.86 bits per heavy atom. The van der Waals surface area contributed by atoms with Crippen LogP contribution in [-0.4, -0.2) is 36.9 Å². The molecule has 0 bridgehead atoms. The summed E-state index contributed by atoms with van der Waals surface area (Å²) in [5.41, 5.74) is 0.721. The summed E-state index contributed by atoms with van der Waals surface area (Å²) in [6.07, 6.45) is 1.72. The summed E-state index contributed by atoms with van der Waals surface area (Å²) in [5, 5.41) is 12.9.